The van der Waals surface area contributed by atoms with Gasteiger partial charge in [0.1, 0.15) is 0 Å². The Kier molecular flexibility index (Phi) is 4.30. The van der Waals surface area contributed by atoms with Crippen LogP contribution in [-0.2, 0) is 18.9 Å². The van der Waals surface area contributed by atoms with Gasteiger partial charge in [0.15, 0.2) is 17.7 Å². The van der Waals surface area contributed by atoms with Gasteiger partial charge >= 0.3 is 0 Å². The van der Waals surface area contributed by atoms with E-state index in [1.165, 1.54) is 0 Å². The first-order valence-corrected chi connectivity index (χ1v) is 5.69. The first kappa shape index (κ1) is 12.0. The van der Waals surface area contributed by atoms with E-state index in [0.717, 1.165) is 0 Å². The molecule has 0 spiro atoms. The third-order valence-corrected chi connectivity index (χ3v) is 2.56. The smallest absolute Gasteiger partial charge is 0.178 e. The van der Waals surface area contributed by atoms with E-state index in [9.17, 15) is 0 Å². The summed E-state index contributed by atoms with van der Waals surface area (Å²) >= 11 is 4.82. The van der Waals surface area contributed by atoms with Crippen LogP contribution in [0.3, 0.4) is 0 Å². The van der Waals surface area contributed by atoms with Crippen molar-refractivity contribution in [2.45, 2.75) is 25.0 Å². The minimum atomic E-state index is -0.339. The molecule has 7 heteroatoms. The van der Waals surface area contributed by atoms with Crippen LogP contribution in [0.5, 0.6) is 0 Å². The average Bonchev–Trinajstić information content (AvgIpc) is 2.88. The summed E-state index contributed by atoms with van der Waals surface area (Å²) in [7, 11) is 0. The van der Waals surface area contributed by atoms with Crippen molar-refractivity contribution in [1.82, 2.24) is 5.32 Å². The molecule has 6 nitrogen and oxygen atoms in total. The van der Waals surface area contributed by atoms with Crippen molar-refractivity contribution in [3.8, 4) is 0 Å². The quantitative estimate of drug-likeness (QED) is 0.639. The van der Waals surface area contributed by atoms with E-state index in [1.807, 2.05) is 0 Å². The zero-order valence-corrected chi connectivity index (χ0v) is 9.70. The maximum absolute atomic E-state index is 5.46. The molecule has 3 N–H and O–H groups in total. The highest BCUT2D eigenvalue weighted by atomic mass is 32.1. The van der Waals surface area contributed by atoms with Gasteiger partial charge in [-0.3, -0.25) is 0 Å². The molecule has 0 saturated carbocycles. The Labute approximate surface area is 99.3 Å². The fourth-order valence-corrected chi connectivity index (χ4v) is 1.93. The molecule has 2 aliphatic heterocycles. The Hall–Kier alpha value is -0.470. The van der Waals surface area contributed by atoms with Gasteiger partial charge in [0.05, 0.1) is 32.5 Å². The summed E-state index contributed by atoms with van der Waals surface area (Å²) in [6.45, 7) is 2.42. The number of rotatable bonds is 4. The molecule has 2 fully saturated rings. The van der Waals surface area contributed by atoms with Gasteiger partial charge in [0.25, 0.3) is 0 Å². The Morgan fingerprint density at radius 2 is 1.75 bits per heavy atom. The van der Waals surface area contributed by atoms with Crippen molar-refractivity contribution in [3.63, 3.8) is 0 Å². The van der Waals surface area contributed by atoms with E-state index in [-0.39, 0.29) is 23.7 Å². The topological polar surface area (TPSA) is 75.0 Å². The zero-order valence-electron chi connectivity index (χ0n) is 8.89. The number of hydrogen-bond acceptors (Lipinski definition) is 5. The molecule has 2 aliphatic rings. The third kappa shape index (κ3) is 3.26. The maximum Gasteiger partial charge on any atom is 0.178 e. The van der Waals surface area contributed by atoms with Crippen LogP contribution in [0.2, 0.25) is 0 Å². The van der Waals surface area contributed by atoms with E-state index < -0.39 is 0 Å². The van der Waals surface area contributed by atoms with Crippen LogP contribution in [0.15, 0.2) is 0 Å². The van der Waals surface area contributed by atoms with Gasteiger partial charge in [-0.15, -0.1) is 0 Å². The SMILES string of the molecule is NC(=S)NC(CC1OCCO1)C1OCCO1. The van der Waals surface area contributed by atoms with E-state index in [0.29, 0.717) is 32.8 Å². The summed E-state index contributed by atoms with van der Waals surface area (Å²) in [5.41, 5.74) is 5.46. The van der Waals surface area contributed by atoms with Gasteiger partial charge in [-0.05, 0) is 12.2 Å². The van der Waals surface area contributed by atoms with Crippen LogP contribution in [0.4, 0.5) is 0 Å². The van der Waals surface area contributed by atoms with Crippen molar-refractivity contribution < 1.29 is 18.9 Å². The van der Waals surface area contributed by atoms with E-state index in [4.69, 9.17) is 36.9 Å². The fraction of sp³-hybridized carbons (Fsp3) is 0.889. The Morgan fingerprint density at radius 1 is 1.19 bits per heavy atom. The van der Waals surface area contributed by atoms with Gasteiger partial charge < -0.3 is 30.0 Å². The molecule has 1 atom stereocenters. The molecule has 16 heavy (non-hydrogen) atoms. The van der Waals surface area contributed by atoms with Crippen molar-refractivity contribution in [3.05, 3.63) is 0 Å². The van der Waals surface area contributed by atoms with Crippen LogP contribution in [0, 0.1) is 0 Å². The van der Waals surface area contributed by atoms with Crippen molar-refractivity contribution in [2.24, 2.45) is 5.73 Å². The number of thiocarbonyl (C=S) groups is 1. The molecule has 0 aromatic carbocycles. The lowest BCUT2D eigenvalue weighted by Crippen LogP contribution is -2.47. The second kappa shape index (κ2) is 5.74. The Balaban J connectivity index is 1.87. The monoisotopic (exact) mass is 248 g/mol. The summed E-state index contributed by atoms with van der Waals surface area (Å²) in [5, 5.41) is 3.17. The van der Waals surface area contributed by atoms with Gasteiger partial charge in [-0.2, -0.15) is 0 Å². The first-order valence-electron chi connectivity index (χ1n) is 5.28. The first-order chi connectivity index (χ1) is 7.75. The Bertz CT molecular complexity index is 242. The van der Waals surface area contributed by atoms with Gasteiger partial charge in [-0.25, -0.2) is 0 Å². The van der Waals surface area contributed by atoms with E-state index in [1.54, 1.807) is 0 Å². The summed E-state index contributed by atoms with van der Waals surface area (Å²) in [4.78, 5) is 0. The highest BCUT2D eigenvalue weighted by Crippen LogP contribution is 2.17. The maximum atomic E-state index is 5.46. The van der Waals surface area contributed by atoms with Gasteiger partial charge in [0, 0.05) is 6.42 Å². The van der Waals surface area contributed by atoms with Crippen LogP contribution >= 0.6 is 12.2 Å². The molecule has 2 heterocycles. The molecule has 0 bridgehead atoms. The third-order valence-electron chi connectivity index (χ3n) is 2.44. The normalized spacial score (nSPS) is 24.8. The van der Waals surface area contributed by atoms with Crippen molar-refractivity contribution in [1.29, 1.82) is 0 Å². The number of ether oxygens (including phenoxy) is 4. The standard InChI is InChI=1S/C9H16N2O4S/c10-9(16)11-6(8-14-3-4-15-8)5-7-12-1-2-13-7/h6-8H,1-5H2,(H3,10,11,16). The molecular formula is C9H16N2O4S. The van der Waals surface area contributed by atoms with Gasteiger partial charge in [-0.1, -0.05) is 0 Å². The predicted octanol–water partition coefficient (Wildman–Crippen LogP) is -0.676. The lowest BCUT2D eigenvalue weighted by atomic mass is 10.2. The van der Waals surface area contributed by atoms with Crippen LogP contribution in [0.1, 0.15) is 6.42 Å². The molecule has 0 radical (unpaired) electrons. The largest absolute Gasteiger partial charge is 0.376 e. The molecule has 2 rings (SSSR count). The molecule has 92 valence electrons. The second-order valence-corrected chi connectivity index (χ2v) is 4.07. The van der Waals surface area contributed by atoms with E-state index in [2.05, 4.69) is 5.32 Å². The highest BCUT2D eigenvalue weighted by Gasteiger charge is 2.31. The predicted molar refractivity (Wildman–Crippen MR) is 59.7 cm³/mol. The number of nitrogens with two attached hydrogens (primary N) is 1. The fourth-order valence-electron chi connectivity index (χ4n) is 1.78. The summed E-state index contributed by atoms with van der Waals surface area (Å²) in [6.07, 6.45) is 0.0242. The lowest BCUT2D eigenvalue weighted by molar-refractivity contribution is -0.102. The average molecular weight is 248 g/mol. The molecular weight excluding hydrogens is 232 g/mol. The van der Waals surface area contributed by atoms with Crippen molar-refractivity contribution >= 4 is 17.3 Å². The lowest BCUT2D eigenvalue weighted by Gasteiger charge is -2.25. The van der Waals surface area contributed by atoms with Crippen molar-refractivity contribution in [2.75, 3.05) is 26.4 Å². The van der Waals surface area contributed by atoms with Crippen LogP contribution < -0.4 is 11.1 Å². The molecule has 2 saturated heterocycles. The summed E-state index contributed by atoms with van der Waals surface area (Å²) in [5.74, 6) is 0. The molecule has 0 aliphatic carbocycles. The number of hydrogen-bond donors (Lipinski definition) is 2. The molecule has 0 aromatic heterocycles. The molecule has 0 aromatic rings. The van der Waals surface area contributed by atoms with E-state index >= 15 is 0 Å². The van der Waals surface area contributed by atoms with Crippen LogP contribution in [-0.4, -0.2) is 50.2 Å². The molecule has 1 unspecified atom stereocenters. The zero-order chi connectivity index (χ0) is 11.4. The number of nitrogens with one attached hydrogen (secondary N) is 1. The summed E-state index contributed by atoms with van der Waals surface area (Å²) < 4.78 is 21.6. The second-order valence-electron chi connectivity index (χ2n) is 3.63. The van der Waals surface area contributed by atoms with Gasteiger partial charge in [0.2, 0.25) is 0 Å². The Morgan fingerprint density at radius 3 is 2.31 bits per heavy atom. The summed E-state index contributed by atoms with van der Waals surface area (Å²) in [6, 6.07) is -0.136. The molecule has 0 amide bonds. The minimum Gasteiger partial charge on any atom is -0.376 e. The minimum absolute atomic E-state index is 0.136. The van der Waals surface area contributed by atoms with Crippen LogP contribution in [0.25, 0.3) is 0 Å². The highest BCUT2D eigenvalue weighted by molar-refractivity contribution is 7.80.